The zero-order valence-corrected chi connectivity index (χ0v) is 9.39. The van der Waals surface area contributed by atoms with Gasteiger partial charge in [0.25, 0.3) is 5.56 Å². The van der Waals surface area contributed by atoms with Gasteiger partial charge in [-0.05, 0) is 6.92 Å². The molecule has 0 bridgehead atoms. The van der Waals surface area contributed by atoms with Crippen molar-refractivity contribution in [3.8, 4) is 0 Å². The van der Waals surface area contributed by atoms with Crippen LogP contribution in [0.15, 0.2) is 15.8 Å². The van der Waals surface area contributed by atoms with Crippen LogP contribution in [0, 0.1) is 6.92 Å². The lowest BCUT2D eigenvalue weighted by atomic mass is 10.4. The summed E-state index contributed by atoms with van der Waals surface area (Å²) in [6, 6.07) is 0. The molecule has 0 aliphatic heterocycles. The monoisotopic (exact) mass is 228 g/mol. The topological polar surface area (TPSA) is 71.9 Å². The summed E-state index contributed by atoms with van der Waals surface area (Å²) in [5.41, 5.74) is -0.312. The summed E-state index contributed by atoms with van der Waals surface area (Å²) in [5, 5.41) is 0.0178. The molecule has 1 aromatic heterocycles. The predicted octanol–water partition coefficient (Wildman–Crippen LogP) is 0.125. The summed E-state index contributed by atoms with van der Waals surface area (Å²) in [5.74, 6) is 0.528. The minimum absolute atomic E-state index is 0.0178. The zero-order chi connectivity index (χ0) is 11.4. The molecule has 0 saturated carbocycles. The Bertz CT molecular complexity index is 475. The molecule has 0 aliphatic rings. The largest absolute Gasteiger partial charge is 0.328 e. The number of aromatic nitrogens is 2. The first-order valence-electron chi connectivity index (χ1n) is 4.44. The third kappa shape index (κ3) is 3.39. The van der Waals surface area contributed by atoms with Gasteiger partial charge in [0.05, 0.1) is 0 Å². The first-order chi connectivity index (χ1) is 7.00. The Labute approximate surface area is 90.5 Å². The number of thioether (sulfide) groups is 1. The van der Waals surface area contributed by atoms with Crippen LogP contribution in [0.25, 0.3) is 0 Å². The van der Waals surface area contributed by atoms with E-state index in [0.717, 1.165) is 11.8 Å². The number of hydrogen-bond donors (Lipinski definition) is 1. The maximum atomic E-state index is 11.3. The average Bonchev–Trinajstić information content (AvgIpc) is 2.13. The van der Waals surface area contributed by atoms with E-state index in [4.69, 9.17) is 0 Å². The second-order valence-electron chi connectivity index (χ2n) is 3.10. The molecular formula is C9H12N2O3S. The molecule has 5 nitrogen and oxygen atoms in total. The van der Waals surface area contributed by atoms with Crippen molar-refractivity contribution in [2.45, 2.75) is 20.4 Å². The highest BCUT2D eigenvalue weighted by atomic mass is 32.2. The number of carbonyl (C=O) groups is 1. The average molecular weight is 228 g/mol. The van der Waals surface area contributed by atoms with Crippen LogP contribution in [-0.4, -0.2) is 20.4 Å². The molecule has 0 spiro atoms. The summed E-state index contributed by atoms with van der Waals surface area (Å²) in [7, 11) is 0. The van der Waals surface area contributed by atoms with E-state index in [2.05, 4.69) is 4.98 Å². The van der Waals surface area contributed by atoms with E-state index in [1.807, 2.05) is 0 Å². The fraction of sp³-hybridized carbons (Fsp3) is 0.444. The van der Waals surface area contributed by atoms with Crippen molar-refractivity contribution >= 4 is 16.9 Å². The Morgan fingerprint density at radius 2 is 2.20 bits per heavy atom. The number of H-pyrrole nitrogens is 1. The molecule has 1 rings (SSSR count). The van der Waals surface area contributed by atoms with Crippen molar-refractivity contribution in [1.82, 2.24) is 9.55 Å². The fourth-order valence-corrected chi connectivity index (χ4v) is 1.65. The Hall–Kier alpha value is -1.30. The molecule has 0 radical (unpaired) electrons. The number of aromatic amines is 1. The zero-order valence-electron chi connectivity index (χ0n) is 8.57. The summed E-state index contributed by atoms with van der Waals surface area (Å²) in [6.07, 6.45) is 1.50. The number of nitrogens with one attached hydrogen (secondary N) is 1. The Morgan fingerprint density at radius 3 is 2.80 bits per heavy atom. The van der Waals surface area contributed by atoms with Crippen LogP contribution in [0.5, 0.6) is 0 Å². The van der Waals surface area contributed by atoms with Crippen LogP contribution in [0.4, 0.5) is 0 Å². The molecule has 6 heteroatoms. The Balaban J connectivity index is 2.78. The summed E-state index contributed by atoms with van der Waals surface area (Å²) >= 11 is 1.15. The molecule has 0 fully saturated rings. The molecule has 0 atom stereocenters. The highest BCUT2D eigenvalue weighted by Crippen LogP contribution is 2.00. The standard InChI is InChI=1S/C9H12N2O3S/c1-6-5-11(3-4-15-7(2)12)9(14)10-8(6)13/h5H,3-4H2,1-2H3,(H,10,13,14). The molecule has 0 aromatic carbocycles. The van der Waals surface area contributed by atoms with E-state index in [1.165, 1.54) is 17.7 Å². The highest BCUT2D eigenvalue weighted by molar-refractivity contribution is 8.13. The highest BCUT2D eigenvalue weighted by Gasteiger charge is 2.01. The van der Waals surface area contributed by atoms with Gasteiger partial charge in [-0.1, -0.05) is 11.8 Å². The molecule has 15 heavy (non-hydrogen) atoms. The van der Waals surface area contributed by atoms with Crippen molar-refractivity contribution in [3.05, 3.63) is 32.6 Å². The third-order valence-corrected chi connectivity index (χ3v) is 2.62. The van der Waals surface area contributed by atoms with E-state index in [9.17, 15) is 14.4 Å². The molecular weight excluding hydrogens is 216 g/mol. The van der Waals surface area contributed by atoms with Gasteiger partial charge >= 0.3 is 5.69 Å². The molecule has 0 unspecified atom stereocenters. The molecule has 1 heterocycles. The van der Waals surface area contributed by atoms with Gasteiger partial charge in [-0.3, -0.25) is 19.1 Å². The Morgan fingerprint density at radius 1 is 1.53 bits per heavy atom. The van der Waals surface area contributed by atoms with Gasteiger partial charge in [0.15, 0.2) is 5.12 Å². The van der Waals surface area contributed by atoms with Crippen molar-refractivity contribution in [3.63, 3.8) is 0 Å². The molecule has 0 amide bonds. The summed E-state index contributed by atoms with van der Waals surface area (Å²) in [4.78, 5) is 35.2. The van der Waals surface area contributed by atoms with Crippen LogP contribution >= 0.6 is 11.8 Å². The quantitative estimate of drug-likeness (QED) is 0.798. The lowest BCUT2D eigenvalue weighted by Gasteiger charge is -2.03. The van der Waals surface area contributed by atoms with Gasteiger partial charge < -0.3 is 0 Å². The van der Waals surface area contributed by atoms with Crippen LogP contribution in [0.1, 0.15) is 12.5 Å². The maximum absolute atomic E-state index is 11.3. The third-order valence-electron chi connectivity index (χ3n) is 1.83. The van der Waals surface area contributed by atoms with E-state index in [-0.39, 0.29) is 10.7 Å². The van der Waals surface area contributed by atoms with Gasteiger partial charge in [-0.25, -0.2) is 4.79 Å². The van der Waals surface area contributed by atoms with Crippen molar-refractivity contribution in [1.29, 1.82) is 0 Å². The first-order valence-corrected chi connectivity index (χ1v) is 5.43. The molecule has 0 aliphatic carbocycles. The second kappa shape index (κ2) is 4.97. The minimum atomic E-state index is -0.435. The lowest BCUT2D eigenvalue weighted by molar-refractivity contribution is -0.109. The van der Waals surface area contributed by atoms with Crippen molar-refractivity contribution in [2.24, 2.45) is 0 Å². The second-order valence-corrected chi connectivity index (χ2v) is 4.38. The van der Waals surface area contributed by atoms with E-state index >= 15 is 0 Å². The Kier molecular flexibility index (Phi) is 3.90. The number of aryl methyl sites for hydroxylation is 2. The molecule has 1 N–H and O–H groups in total. The van der Waals surface area contributed by atoms with E-state index in [0.29, 0.717) is 17.9 Å². The number of carbonyl (C=O) groups excluding carboxylic acids is 1. The fourth-order valence-electron chi connectivity index (χ4n) is 1.07. The van der Waals surface area contributed by atoms with Gasteiger partial charge in [-0.2, -0.15) is 0 Å². The van der Waals surface area contributed by atoms with Crippen LogP contribution in [0.2, 0.25) is 0 Å². The number of nitrogens with zero attached hydrogens (tertiary/aromatic N) is 1. The predicted molar refractivity (Wildman–Crippen MR) is 59.2 cm³/mol. The number of hydrogen-bond acceptors (Lipinski definition) is 4. The van der Waals surface area contributed by atoms with Gasteiger partial charge in [0, 0.05) is 31.0 Å². The van der Waals surface area contributed by atoms with Crippen LogP contribution in [0.3, 0.4) is 0 Å². The molecule has 1 aromatic rings. The molecule has 82 valence electrons. The van der Waals surface area contributed by atoms with Gasteiger partial charge in [-0.15, -0.1) is 0 Å². The SMILES string of the molecule is CC(=O)SCCn1cc(C)c(=O)[nH]c1=O. The van der Waals surface area contributed by atoms with Crippen molar-refractivity contribution in [2.75, 3.05) is 5.75 Å². The summed E-state index contributed by atoms with van der Waals surface area (Å²) in [6.45, 7) is 3.53. The summed E-state index contributed by atoms with van der Waals surface area (Å²) < 4.78 is 1.40. The number of rotatable bonds is 3. The smallest absolute Gasteiger partial charge is 0.299 e. The maximum Gasteiger partial charge on any atom is 0.328 e. The van der Waals surface area contributed by atoms with E-state index < -0.39 is 5.69 Å². The normalized spacial score (nSPS) is 10.3. The van der Waals surface area contributed by atoms with Crippen molar-refractivity contribution < 1.29 is 4.79 Å². The molecule has 0 saturated heterocycles. The van der Waals surface area contributed by atoms with E-state index in [1.54, 1.807) is 6.92 Å². The van der Waals surface area contributed by atoms with Crippen LogP contribution < -0.4 is 11.2 Å². The van der Waals surface area contributed by atoms with Gasteiger partial charge in [0.1, 0.15) is 0 Å². The lowest BCUT2D eigenvalue weighted by Crippen LogP contribution is -2.31. The van der Waals surface area contributed by atoms with Crippen LogP contribution in [-0.2, 0) is 11.3 Å². The first kappa shape index (κ1) is 11.8. The minimum Gasteiger partial charge on any atom is -0.299 e. The van der Waals surface area contributed by atoms with Gasteiger partial charge in [0.2, 0.25) is 0 Å².